The minimum Gasteiger partial charge on any atom is -0.321 e. The second-order valence-electron chi connectivity index (χ2n) is 11.7. The zero-order chi connectivity index (χ0) is 42.0. The van der Waals surface area contributed by atoms with E-state index in [1.807, 2.05) is 60.7 Å². The number of para-hydroxylation sites is 2. The van der Waals surface area contributed by atoms with Gasteiger partial charge in [0.1, 0.15) is 21.1 Å². The van der Waals surface area contributed by atoms with E-state index in [0.29, 0.717) is 27.0 Å². The van der Waals surface area contributed by atoms with E-state index < -0.39 is 42.0 Å². The summed E-state index contributed by atoms with van der Waals surface area (Å²) in [5, 5.41) is 3.14. The van der Waals surface area contributed by atoms with Crippen molar-refractivity contribution in [3.63, 3.8) is 0 Å². The predicted molar refractivity (Wildman–Crippen MR) is 225 cm³/mol. The number of aromatic nitrogens is 2. The number of carbonyl (C=O) groups is 4. The van der Waals surface area contributed by atoms with Crippen molar-refractivity contribution in [1.29, 1.82) is 0 Å². The van der Waals surface area contributed by atoms with Crippen LogP contribution in [-0.4, -0.2) is 32.9 Å². The molecule has 8 nitrogen and oxygen atoms in total. The molecule has 2 aromatic heterocycles. The van der Waals surface area contributed by atoms with Gasteiger partial charge >= 0.3 is 0 Å². The Morgan fingerprint density at radius 2 is 1.09 bits per heavy atom. The summed E-state index contributed by atoms with van der Waals surface area (Å²) in [6.07, 6.45) is -5.69. The molecule has 17 heteroatoms. The van der Waals surface area contributed by atoms with Crippen molar-refractivity contribution in [2.75, 3.05) is 10.2 Å². The van der Waals surface area contributed by atoms with Crippen molar-refractivity contribution in [2.45, 2.75) is 40.5 Å². The van der Waals surface area contributed by atoms with E-state index in [-0.39, 0.29) is 15.0 Å². The number of nitrogens with zero attached hydrogens (tertiary/aromatic N) is 3. The molecule has 2 heterocycles. The van der Waals surface area contributed by atoms with Crippen molar-refractivity contribution in [1.82, 2.24) is 9.97 Å². The molecule has 6 rings (SSSR count). The summed E-state index contributed by atoms with van der Waals surface area (Å²) in [5.74, 6) is -1.95. The van der Waals surface area contributed by atoms with Crippen LogP contribution in [0.5, 0.6) is 0 Å². The summed E-state index contributed by atoms with van der Waals surface area (Å²) < 4.78 is 54.7. The van der Waals surface area contributed by atoms with E-state index in [1.165, 1.54) is 13.8 Å². The maximum atomic E-state index is 13.3. The highest BCUT2D eigenvalue weighted by Crippen LogP contribution is 2.36. The normalized spacial score (nSPS) is 10.6. The van der Waals surface area contributed by atoms with E-state index >= 15 is 0 Å². The molecule has 0 aliphatic rings. The average molecular weight is 967 g/mol. The topological polar surface area (TPSA) is 109 Å². The quantitative estimate of drug-likeness (QED) is 0.120. The monoisotopic (exact) mass is 964 g/mol. The minimum atomic E-state index is -2.90. The maximum Gasteiger partial charge on any atom is 0.282 e. The minimum absolute atomic E-state index is 0.0573. The summed E-state index contributed by atoms with van der Waals surface area (Å²) in [7, 11) is 0. The van der Waals surface area contributed by atoms with Crippen LogP contribution in [0.15, 0.2) is 106 Å². The Morgan fingerprint density at radius 1 is 0.667 bits per heavy atom. The van der Waals surface area contributed by atoms with Gasteiger partial charge in [-0.25, -0.2) is 32.4 Å². The van der Waals surface area contributed by atoms with Gasteiger partial charge < -0.3 is 5.32 Å². The molecular weight excluding hydrogens is 936 g/mol. The second kappa shape index (κ2) is 20.7. The van der Waals surface area contributed by atoms with Gasteiger partial charge in [0, 0.05) is 39.6 Å². The molecule has 0 aliphatic heterocycles. The first kappa shape index (κ1) is 45.1. The maximum absolute atomic E-state index is 13.3. The van der Waals surface area contributed by atoms with Gasteiger partial charge in [-0.1, -0.05) is 92.5 Å². The molecule has 3 amide bonds. The largest absolute Gasteiger partial charge is 0.321 e. The Hall–Kier alpha value is -4.61. The van der Waals surface area contributed by atoms with Crippen LogP contribution in [0.4, 0.5) is 28.9 Å². The Kier molecular flexibility index (Phi) is 16.4. The molecule has 4 aromatic carbocycles. The molecule has 1 N–H and O–H groups in total. The van der Waals surface area contributed by atoms with E-state index in [9.17, 15) is 36.7 Å². The van der Waals surface area contributed by atoms with Gasteiger partial charge in [-0.2, -0.15) is 0 Å². The number of alkyl halides is 4. The molecule has 0 radical (unpaired) electrons. The van der Waals surface area contributed by atoms with Crippen molar-refractivity contribution in [2.24, 2.45) is 0 Å². The number of hydrogen-bond donors (Lipinski definition) is 1. The van der Waals surface area contributed by atoms with Gasteiger partial charge in [-0.05, 0) is 73.0 Å². The molecule has 6 aromatic rings. The fraction of sp³-hybridized carbons (Fsp3) is 0.150. The van der Waals surface area contributed by atoms with E-state index in [0.717, 1.165) is 53.2 Å². The van der Waals surface area contributed by atoms with Crippen LogP contribution in [0.1, 0.15) is 67.4 Å². The van der Waals surface area contributed by atoms with Crippen molar-refractivity contribution in [3.05, 3.63) is 137 Å². The molecule has 0 spiro atoms. The first-order valence-corrected chi connectivity index (χ1v) is 20.1. The third-order valence-electron chi connectivity index (χ3n) is 7.48. The number of nitrogens with one attached hydrogen (secondary N) is 1. The van der Waals surface area contributed by atoms with Crippen molar-refractivity contribution >= 4 is 100 Å². The smallest absolute Gasteiger partial charge is 0.282 e. The van der Waals surface area contributed by atoms with Crippen LogP contribution in [0.2, 0.25) is 0 Å². The highest BCUT2D eigenvalue weighted by Gasteiger charge is 2.31. The van der Waals surface area contributed by atoms with Gasteiger partial charge in [-0.15, -0.1) is 22.7 Å². The number of amides is 3. The predicted octanol–water partition coefficient (Wildman–Crippen LogP) is 12.9. The Balaban J connectivity index is 0.000000232. The number of rotatable bonds is 8. The van der Waals surface area contributed by atoms with Crippen molar-refractivity contribution < 1.29 is 36.7 Å². The molecule has 57 heavy (non-hydrogen) atoms. The average Bonchev–Trinajstić information content (AvgIpc) is 3.76. The lowest BCUT2D eigenvalue weighted by molar-refractivity contribution is -0.116. The van der Waals surface area contributed by atoms with Gasteiger partial charge in [0.25, 0.3) is 24.7 Å². The molecular formula is C40H31Br2ClF4N4O4S2. The van der Waals surface area contributed by atoms with E-state index in [2.05, 4.69) is 58.7 Å². The number of imide groups is 1. The van der Waals surface area contributed by atoms with Crippen molar-refractivity contribution in [3.8, 4) is 22.3 Å². The van der Waals surface area contributed by atoms with Crippen LogP contribution in [-0.2, 0) is 9.59 Å². The molecule has 0 unspecified atom stereocenters. The lowest BCUT2D eigenvalue weighted by atomic mass is 10.0. The molecule has 0 fully saturated rings. The van der Waals surface area contributed by atoms with Crippen LogP contribution in [0.3, 0.4) is 0 Å². The van der Waals surface area contributed by atoms with Crippen LogP contribution < -0.4 is 10.2 Å². The number of thiazole rings is 2. The lowest BCUT2D eigenvalue weighted by Gasteiger charge is -2.22. The number of hydrogen-bond acceptors (Lipinski definition) is 8. The summed E-state index contributed by atoms with van der Waals surface area (Å²) in [4.78, 5) is 55.4. The third-order valence-corrected chi connectivity index (χ3v) is 10.5. The summed E-state index contributed by atoms with van der Waals surface area (Å²) in [6.45, 7) is 5.66. The molecule has 0 saturated carbocycles. The molecule has 0 aliphatic carbocycles. The molecule has 0 atom stereocenters. The first-order valence-electron chi connectivity index (χ1n) is 16.5. The third kappa shape index (κ3) is 12.2. The fourth-order valence-corrected chi connectivity index (χ4v) is 7.42. The van der Waals surface area contributed by atoms with Crippen LogP contribution in [0.25, 0.3) is 22.3 Å². The zero-order valence-corrected chi connectivity index (χ0v) is 35.9. The second-order valence-corrected chi connectivity index (χ2v) is 16.4. The Bertz CT molecular complexity index is 2370. The summed E-state index contributed by atoms with van der Waals surface area (Å²) >= 11 is 13.2. The number of carbonyl (C=O) groups excluding carboxylic acids is 4. The summed E-state index contributed by atoms with van der Waals surface area (Å²) in [6, 6.07) is 29.1. The van der Waals surface area contributed by atoms with Gasteiger partial charge in [0.2, 0.25) is 11.1 Å². The van der Waals surface area contributed by atoms with Gasteiger partial charge in [0.05, 0.1) is 15.7 Å². The Labute approximate surface area is 355 Å². The van der Waals surface area contributed by atoms with Gasteiger partial charge in [-0.3, -0.25) is 19.2 Å². The summed E-state index contributed by atoms with van der Waals surface area (Å²) in [5.41, 5.74) is 2.96. The van der Waals surface area contributed by atoms with E-state index in [4.69, 9.17) is 0 Å². The van der Waals surface area contributed by atoms with E-state index in [1.54, 1.807) is 50.2 Å². The zero-order valence-electron chi connectivity index (χ0n) is 30.3. The van der Waals surface area contributed by atoms with Crippen LogP contribution in [0, 0.1) is 13.8 Å². The number of halogens is 7. The number of anilines is 2. The number of aryl methyl sites for hydroxylation is 2. The highest BCUT2D eigenvalue weighted by molar-refractivity contribution is 9.10. The van der Waals surface area contributed by atoms with Gasteiger partial charge in [0.15, 0.2) is 0 Å². The Morgan fingerprint density at radius 3 is 1.58 bits per heavy atom. The first-order chi connectivity index (χ1) is 27.0. The molecule has 0 bridgehead atoms. The highest BCUT2D eigenvalue weighted by atomic mass is 79.9. The molecule has 0 saturated heterocycles. The fourth-order valence-electron chi connectivity index (χ4n) is 5.22. The SMILES string of the molecule is CC(=O)Cl.CC(=O)N(C(=O)c1sc(C)nc1C(F)F)c1ccccc1-c1ccc(Br)cc1.Cc1nc(C(F)F)c(C(=O)Nc2ccccc2-c2ccc(Br)cc2)s1. The number of benzene rings is 4. The lowest BCUT2D eigenvalue weighted by Crippen LogP contribution is -2.35. The van der Waals surface area contributed by atoms with Crippen LogP contribution >= 0.6 is 66.1 Å². The standard InChI is InChI=1S/C20H15BrF2N2O2S.C18H13BrF2N2OS.C2H3ClO/c1-11-24-17(19(22)23)18(28-11)20(27)25(12(2)26)16-6-4-3-5-15(16)13-7-9-14(21)10-8-13;1-10-22-15(17(20)21)16(25-10)18(24)23-14-5-3-2-4-13(14)11-6-8-12(19)9-7-11;1-2(3)4/h3-10,19H,1-2H3;2-9,17H,1H3,(H,23,24);1H3. The molecule has 296 valence electrons.